The summed E-state index contributed by atoms with van der Waals surface area (Å²) in [6.07, 6.45) is 1.70. The Morgan fingerprint density at radius 3 is 2.60 bits per heavy atom. The van der Waals surface area contributed by atoms with E-state index in [0.717, 1.165) is 5.56 Å². The van der Waals surface area contributed by atoms with E-state index in [1.54, 1.807) is 24.3 Å². The molecule has 102 valence electrons. The van der Waals surface area contributed by atoms with Crippen molar-refractivity contribution in [2.24, 2.45) is 0 Å². The number of benzene rings is 1. The van der Waals surface area contributed by atoms with Gasteiger partial charge in [0.05, 0.1) is 22.8 Å². The molecule has 0 fully saturated rings. The van der Waals surface area contributed by atoms with Crippen LogP contribution in [0.25, 0.3) is 17.3 Å². The lowest BCUT2D eigenvalue weighted by atomic mass is 10.1. The molecule has 0 bridgehead atoms. The summed E-state index contributed by atoms with van der Waals surface area (Å²) < 4.78 is 4.64. The first kappa shape index (κ1) is 14.6. The number of carbonyl (C=O) groups excluding carboxylic acids is 1. The number of hydrogen-bond donors (Lipinski definition) is 0. The van der Waals surface area contributed by atoms with Crippen molar-refractivity contribution < 1.29 is 9.53 Å². The summed E-state index contributed by atoms with van der Waals surface area (Å²) in [6.45, 7) is 3.68. The molecular weight excluding hydrogens is 297 g/mol. The number of hydrogen-bond acceptors (Lipinski definition) is 3. The second kappa shape index (κ2) is 6.07. The zero-order chi connectivity index (χ0) is 14.7. The average Bonchev–Trinajstić information content (AvgIpc) is 2.47. The highest BCUT2D eigenvalue weighted by Crippen LogP contribution is 2.29. The van der Waals surface area contributed by atoms with Gasteiger partial charge in [0.15, 0.2) is 5.69 Å². The molecule has 1 heterocycles. The van der Waals surface area contributed by atoms with Crippen LogP contribution in [0.2, 0.25) is 10.0 Å². The Kier molecular flexibility index (Phi) is 4.42. The smallest absolute Gasteiger partial charge is 0.358 e. The minimum absolute atomic E-state index is 0.0653. The predicted octanol–water partition coefficient (Wildman–Crippen LogP) is 4.49. The Hall–Kier alpha value is -1.84. The molecule has 1 aromatic carbocycles. The summed E-state index contributed by atoms with van der Waals surface area (Å²) >= 11 is 12.1. The average molecular weight is 308 g/mol. The third-order valence-electron chi connectivity index (χ3n) is 2.73. The maximum absolute atomic E-state index is 11.6. The van der Waals surface area contributed by atoms with Gasteiger partial charge in [-0.1, -0.05) is 48.0 Å². The number of ether oxygens (including phenoxy) is 1. The first-order chi connectivity index (χ1) is 9.56. The molecule has 0 aliphatic carbocycles. The Morgan fingerprint density at radius 2 is 2.00 bits per heavy atom. The molecule has 0 N–H and O–H groups in total. The molecule has 20 heavy (non-hydrogen) atoms. The van der Waals surface area contributed by atoms with Crippen molar-refractivity contribution in [2.75, 3.05) is 7.11 Å². The van der Waals surface area contributed by atoms with Gasteiger partial charge >= 0.3 is 5.97 Å². The van der Waals surface area contributed by atoms with E-state index >= 15 is 0 Å². The minimum atomic E-state index is -0.587. The van der Waals surface area contributed by atoms with Gasteiger partial charge in [0.2, 0.25) is 0 Å². The number of halogens is 2. The van der Waals surface area contributed by atoms with Crippen molar-refractivity contribution in [3.8, 4) is 11.3 Å². The lowest BCUT2D eigenvalue weighted by Crippen LogP contribution is -2.06. The van der Waals surface area contributed by atoms with Gasteiger partial charge in [-0.05, 0) is 23.8 Å². The first-order valence-electron chi connectivity index (χ1n) is 5.74. The highest BCUT2D eigenvalue weighted by Gasteiger charge is 2.15. The summed E-state index contributed by atoms with van der Waals surface area (Å²) in [7, 11) is 1.28. The number of rotatable bonds is 3. The lowest BCUT2D eigenvalue weighted by Gasteiger charge is -2.08. The van der Waals surface area contributed by atoms with E-state index in [1.165, 1.54) is 7.11 Å². The largest absolute Gasteiger partial charge is 0.464 e. The summed E-state index contributed by atoms with van der Waals surface area (Å²) in [5.74, 6) is -0.587. The molecule has 2 aromatic rings. The van der Waals surface area contributed by atoms with Crippen molar-refractivity contribution in [1.29, 1.82) is 0 Å². The number of nitrogens with zero attached hydrogens (tertiary/aromatic N) is 1. The highest BCUT2D eigenvalue weighted by atomic mass is 35.5. The van der Waals surface area contributed by atoms with E-state index in [4.69, 9.17) is 23.2 Å². The number of esters is 1. The van der Waals surface area contributed by atoms with Gasteiger partial charge in [-0.15, -0.1) is 0 Å². The van der Waals surface area contributed by atoms with Gasteiger partial charge in [0.1, 0.15) is 0 Å². The maximum atomic E-state index is 11.6. The lowest BCUT2D eigenvalue weighted by molar-refractivity contribution is 0.0594. The van der Waals surface area contributed by atoms with E-state index in [0.29, 0.717) is 16.3 Å². The monoisotopic (exact) mass is 307 g/mol. The van der Waals surface area contributed by atoms with Crippen LogP contribution in [0.5, 0.6) is 0 Å². The molecule has 3 nitrogen and oxygen atoms in total. The van der Waals surface area contributed by atoms with Gasteiger partial charge in [0.25, 0.3) is 0 Å². The molecule has 0 radical (unpaired) electrons. The zero-order valence-electron chi connectivity index (χ0n) is 10.7. The molecule has 0 aliphatic heterocycles. The molecule has 0 amide bonds. The predicted molar refractivity (Wildman–Crippen MR) is 81.1 cm³/mol. The summed E-state index contributed by atoms with van der Waals surface area (Å²) in [5.41, 5.74) is 2.23. The molecule has 5 heteroatoms. The number of carbonyl (C=O) groups is 1. The van der Waals surface area contributed by atoms with E-state index in [2.05, 4.69) is 16.3 Å². The molecule has 0 spiro atoms. The van der Waals surface area contributed by atoms with E-state index in [9.17, 15) is 4.79 Å². The molecule has 0 atom stereocenters. The van der Waals surface area contributed by atoms with Crippen LogP contribution in [0.3, 0.4) is 0 Å². The van der Waals surface area contributed by atoms with Crippen molar-refractivity contribution in [3.05, 3.63) is 58.2 Å². The topological polar surface area (TPSA) is 39.2 Å². The standard InChI is InChI=1S/C15H11Cl2NO2/c1-3-9-4-5-10(12(17)8-9)13-7-6-11(16)14(18-13)15(19)20-2/h3-8H,1H2,2H3. The van der Waals surface area contributed by atoms with Crippen LogP contribution in [-0.2, 0) is 4.74 Å². The van der Waals surface area contributed by atoms with Gasteiger partial charge in [-0.25, -0.2) is 9.78 Å². The number of aromatic nitrogens is 1. The highest BCUT2D eigenvalue weighted by molar-refractivity contribution is 6.34. The Balaban J connectivity index is 2.53. The second-order valence-corrected chi connectivity index (χ2v) is 4.78. The normalized spacial score (nSPS) is 10.2. The maximum Gasteiger partial charge on any atom is 0.358 e. The third kappa shape index (κ3) is 2.84. The minimum Gasteiger partial charge on any atom is -0.464 e. The van der Waals surface area contributed by atoms with Crippen LogP contribution in [-0.4, -0.2) is 18.1 Å². The fourth-order valence-electron chi connectivity index (χ4n) is 1.70. The zero-order valence-corrected chi connectivity index (χ0v) is 12.2. The Morgan fingerprint density at radius 1 is 1.25 bits per heavy atom. The summed E-state index contributed by atoms with van der Waals surface area (Å²) in [6, 6.07) is 8.74. The SMILES string of the molecule is C=Cc1ccc(-c2ccc(Cl)c(C(=O)OC)n2)c(Cl)c1. The third-order valence-corrected chi connectivity index (χ3v) is 3.35. The fraction of sp³-hybridized carbons (Fsp3) is 0.0667. The van der Waals surface area contributed by atoms with Crippen LogP contribution in [0, 0.1) is 0 Å². The number of methoxy groups -OCH3 is 1. The quantitative estimate of drug-likeness (QED) is 0.785. The van der Waals surface area contributed by atoms with E-state index < -0.39 is 5.97 Å². The Bertz CT molecular complexity index is 684. The molecule has 0 saturated heterocycles. The fourth-order valence-corrected chi connectivity index (χ4v) is 2.17. The summed E-state index contributed by atoms with van der Waals surface area (Å²) in [5, 5.41) is 0.757. The van der Waals surface area contributed by atoms with Crippen LogP contribution in [0.1, 0.15) is 16.1 Å². The van der Waals surface area contributed by atoms with Gasteiger partial charge < -0.3 is 4.74 Å². The van der Waals surface area contributed by atoms with Crippen LogP contribution < -0.4 is 0 Å². The van der Waals surface area contributed by atoms with Gasteiger partial charge in [0, 0.05) is 5.56 Å². The van der Waals surface area contributed by atoms with Gasteiger partial charge in [-0.3, -0.25) is 0 Å². The first-order valence-corrected chi connectivity index (χ1v) is 6.49. The second-order valence-electron chi connectivity index (χ2n) is 3.96. The molecule has 2 rings (SSSR count). The van der Waals surface area contributed by atoms with Crippen molar-refractivity contribution in [2.45, 2.75) is 0 Å². The van der Waals surface area contributed by atoms with Crippen LogP contribution in [0.4, 0.5) is 0 Å². The molecule has 0 saturated carbocycles. The van der Waals surface area contributed by atoms with Crippen molar-refractivity contribution in [1.82, 2.24) is 4.98 Å². The van der Waals surface area contributed by atoms with Crippen LogP contribution in [0.15, 0.2) is 36.9 Å². The molecule has 1 aromatic heterocycles. The number of pyridine rings is 1. The van der Waals surface area contributed by atoms with Crippen molar-refractivity contribution >= 4 is 35.2 Å². The van der Waals surface area contributed by atoms with Gasteiger partial charge in [-0.2, -0.15) is 0 Å². The molecular formula is C15H11Cl2NO2. The summed E-state index contributed by atoms with van der Waals surface area (Å²) in [4.78, 5) is 15.8. The molecule has 0 aliphatic rings. The molecule has 0 unspecified atom stereocenters. The Labute approximate surface area is 126 Å². The van der Waals surface area contributed by atoms with E-state index in [1.807, 2.05) is 12.1 Å². The van der Waals surface area contributed by atoms with E-state index in [-0.39, 0.29) is 10.7 Å². The van der Waals surface area contributed by atoms with Crippen molar-refractivity contribution in [3.63, 3.8) is 0 Å². The van der Waals surface area contributed by atoms with Crippen LogP contribution >= 0.6 is 23.2 Å².